The quantitative estimate of drug-likeness (QED) is 0.866. The number of carbonyl (C=O) groups is 2. The molecule has 152 valence electrons. The Morgan fingerprint density at radius 1 is 0.966 bits per heavy atom. The van der Waals surface area contributed by atoms with Gasteiger partial charge in [-0.25, -0.2) is 9.97 Å². The van der Waals surface area contributed by atoms with Gasteiger partial charge in [-0.3, -0.25) is 9.59 Å². The summed E-state index contributed by atoms with van der Waals surface area (Å²) in [7, 11) is 0. The minimum atomic E-state index is 0.0323. The molecule has 4 rings (SSSR count). The lowest BCUT2D eigenvalue weighted by atomic mass is 9.96. The van der Waals surface area contributed by atoms with Crippen LogP contribution in [0, 0.1) is 0 Å². The number of amides is 2. The number of aromatic nitrogens is 2. The standard InChI is InChI=1S/C22H27N5O2/c1-16(28)26-14-10-20-19(26)9-3-2-4-13-27(20)21(29)17-7-5-8-18(15-17)25-22-23-11-6-12-24-22/h5-8,11-12,15,19-20H,2-4,9-10,13-14H2,1H3,(H,23,24,25)/t19-,20+/m1/s1. The molecule has 0 aliphatic carbocycles. The Morgan fingerprint density at radius 2 is 1.76 bits per heavy atom. The number of nitrogens with one attached hydrogen (secondary N) is 1. The van der Waals surface area contributed by atoms with Crippen LogP contribution in [0.25, 0.3) is 0 Å². The van der Waals surface area contributed by atoms with Crippen molar-refractivity contribution in [2.24, 2.45) is 0 Å². The van der Waals surface area contributed by atoms with Crippen molar-refractivity contribution in [3.8, 4) is 0 Å². The molecule has 2 saturated heterocycles. The molecule has 3 heterocycles. The molecule has 1 aromatic heterocycles. The lowest BCUT2D eigenvalue weighted by molar-refractivity contribution is -0.130. The Kier molecular flexibility index (Phi) is 5.74. The van der Waals surface area contributed by atoms with Gasteiger partial charge in [-0.05, 0) is 43.5 Å². The van der Waals surface area contributed by atoms with Crippen LogP contribution < -0.4 is 5.32 Å². The summed E-state index contributed by atoms with van der Waals surface area (Å²) in [5.74, 6) is 0.640. The van der Waals surface area contributed by atoms with E-state index in [9.17, 15) is 9.59 Å². The van der Waals surface area contributed by atoms with Gasteiger partial charge in [0.1, 0.15) is 0 Å². The Bertz CT molecular complexity index is 873. The van der Waals surface area contributed by atoms with E-state index in [1.54, 1.807) is 25.4 Å². The lowest BCUT2D eigenvalue weighted by Crippen LogP contribution is -2.50. The first-order valence-electron chi connectivity index (χ1n) is 10.4. The number of hydrogen-bond acceptors (Lipinski definition) is 5. The highest BCUT2D eigenvalue weighted by Crippen LogP contribution is 2.31. The van der Waals surface area contributed by atoms with E-state index in [1.807, 2.05) is 34.1 Å². The second kappa shape index (κ2) is 8.59. The number of likely N-dealkylation sites (tertiary alicyclic amines) is 2. The summed E-state index contributed by atoms with van der Waals surface area (Å²) < 4.78 is 0. The molecule has 0 spiro atoms. The zero-order valence-corrected chi connectivity index (χ0v) is 16.8. The van der Waals surface area contributed by atoms with E-state index >= 15 is 0 Å². The third-order valence-corrected chi connectivity index (χ3v) is 5.91. The van der Waals surface area contributed by atoms with E-state index in [2.05, 4.69) is 15.3 Å². The largest absolute Gasteiger partial charge is 0.338 e. The molecule has 7 nitrogen and oxygen atoms in total. The molecule has 0 unspecified atom stereocenters. The lowest BCUT2D eigenvalue weighted by Gasteiger charge is -2.37. The van der Waals surface area contributed by atoms with Crippen LogP contribution in [0.5, 0.6) is 0 Å². The van der Waals surface area contributed by atoms with Gasteiger partial charge in [0.15, 0.2) is 0 Å². The van der Waals surface area contributed by atoms with Crippen molar-refractivity contribution >= 4 is 23.5 Å². The maximum absolute atomic E-state index is 13.5. The van der Waals surface area contributed by atoms with Gasteiger partial charge in [-0.2, -0.15) is 0 Å². The molecular formula is C22H27N5O2. The van der Waals surface area contributed by atoms with Gasteiger partial charge in [0, 0.05) is 43.7 Å². The number of rotatable bonds is 3. The molecule has 0 saturated carbocycles. The summed E-state index contributed by atoms with van der Waals surface area (Å²) in [5.41, 5.74) is 1.42. The number of anilines is 2. The average Bonchev–Trinajstić information content (AvgIpc) is 3.12. The van der Waals surface area contributed by atoms with Gasteiger partial charge in [0.2, 0.25) is 11.9 Å². The van der Waals surface area contributed by atoms with Crippen molar-refractivity contribution < 1.29 is 9.59 Å². The topological polar surface area (TPSA) is 78.4 Å². The maximum Gasteiger partial charge on any atom is 0.254 e. The number of benzene rings is 1. The van der Waals surface area contributed by atoms with Crippen molar-refractivity contribution in [3.63, 3.8) is 0 Å². The third kappa shape index (κ3) is 4.23. The number of carbonyl (C=O) groups excluding carboxylic acids is 2. The van der Waals surface area contributed by atoms with Crippen LogP contribution in [0.15, 0.2) is 42.7 Å². The van der Waals surface area contributed by atoms with Gasteiger partial charge in [0.05, 0.1) is 12.1 Å². The summed E-state index contributed by atoms with van der Waals surface area (Å²) in [6.45, 7) is 3.11. The van der Waals surface area contributed by atoms with Crippen molar-refractivity contribution in [2.45, 2.75) is 51.1 Å². The fourth-order valence-electron chi connectivity index (χ4n) is 4.56. The second-order valence-corrected chi connectivity index (χ2v) is 7.76. The van der Waals surface area contributed by atoms with Gasteiger partial charge >= 0.3 is 0 Å². The number of nitrogens with zero attached hydrogens (tertiary/aromatic N) is 4. The van der Waals surface area contributed by atoms with Crippen LogP contribution in [0.1, 0.15) is 49.4 Å². The molecular weight excluding hydrogens is 366 g/mol. The second-order valence-electron chi connectivity index (χ2n) is 7.76. The van der Waals surface area contributed by atoms with Crippen LogP contribution in [-0.4, -0.2) is 56.8 Å². The molecule has 2 atom stereocenters. The summed E-state index contributed by atoms with van der Waals surface area (Å²) in [6.07, 6.45) is 8.38. The number of fused-ring (bicyclic) bond motifs is 1. The van der Waals surface area contributed by atoms with Crippen molar-refractivity contribution in [1.82, 2.24) is 19.8 Å². The SMILES string of the molecule is CC(=O)N1CC[C@H]2[C@H]1CCCCCN2C(=O)c1cccc(Nc2ncccn2)c1. The maximum atomic E-state index is 13.5. The normalized spacial score (nSPS) is 21.8. The fourth-order valence-corrected chi connectivity index (χ4v) is 4.56. The zero-order valence-electron chi connectivity index (χ0n) is 16.8. The minimum Gasteiger partial charge on any atom is -0.338 e. The highest BCUT2D eigenvalue weighted by molar-refractivity contribution is 5.95. The van der Waals surface area contributed by atoms with E-state index in [4.69, 9.17) is 0 Å². The summed E-state index contributed by atoms with van der Waals surface area (Å²) >= 11 is 0. The first-order chi connectivity index (χ1) is 14.1. The Hall–Kier alpha value is -2.96. The summed E-state index contributed by atoms with van der Waals surface area (Å²) in [4.78, 5) is 37.8. The Morgan fingerprint density at radius 3 is 2.55 bits per heavy atom. The van der Waals surface area contributed by atoms with Crippen LogP contribution in [-0.2, 0) is 4.79 Å². The van der Waals surface area contributed by atoms with Gasteiger partial charge < -0.3 is 15.1 Å². The first kappa shape index (κ1) is 19.4. The first-order valence-corrected chi connectivity index (χ1v) is 10.4. The molecule has 1 N–H and O–H groups in total. The predicted octanol–water partition coefficient (Wildman–Crippen LogP) is 3.23. The van der Waals surface area contributed by atoms with Gasteiger partial charge in [0.25, 0.3) is 5.91 Å². The predicted molar refractivity (Wildman–Crippen MR) is 111 cm³/mol. The summed E-state index contributed by atoms with van der Waals surface area (Å²) in [5, 5.41) is 3.15. The van der Waals surface area contributed by atoms with E-state index in [-0.39, 0.29) is 23.9 Å². The van der Waals surface area contributed by atoms with Crippen molar-refractivity contribution in [2.75, 3.05) is 18.4 Å². The molecule has 2 fully saturated rings. The minimum absolute atomic E-state index is 0.0323. The molecule has 2 aliphatic rings. The van der Waals surface area contributed by atoms with Crippen molar-refractivity contribution in [3.05, 3.63) is 48.3 Å². The molecule has 1 aromatic carbocycles. The Labute approximate surface area is 171 Å². The smallest absolute Gasteiger partial charge is 0.254 e. The molecule has 0 radical (unpaired) electrons. The number of hydrogen-bond donors (Lipinski definition) is 1. The van der Waals surface area contributed by atoms with Crippen molar-refractivity contribution in [1.29, 1.82) is 0 Å². The van der Waals surface area contributed by atoms with E-state index in [0.717, 1.165) is 50.9 Å². The summed E-state index contributed by atoms with van der Waals surface area (Å²) in [6, 6.07) is 9.47. The van der Waals surface area contributed by atoms with E-state index in [0.29, 0.717) is 11.5 Å². The van der Waals surface area contributed by atoms with Crippen LogP contribution in [0.2, 0.25) is 0 Å². The molecule has 7 heteroatoms. The average molecular weight is 393 g/mol. The van der Waals surface area contributed by atoms with Gasteiger partial charge in [-0.15, -0.1) is 0 Å². The van der Waals surface area contributed by atoms with Gasteiger partial charge in [-0.1, -0.05) is 18.9 Å². The highest BCUT2D eigenvalue weighted by Gasteiger charge is 2.41. The Balaban J connectivity index is 1.56. The highest BCUT2D eigenvalue weighted by atomic mass is 16.2. The molecule has 2 aromatic rings. The zero-order chi connectivity index (χ0) is 20.2. The molecule has 2 amide bonds. The fraction of sp³-hybridized carbons (Fsp3) is 0.455. The molecule has 0 bridgehead atoms. The van der Waals surface area contributed by atoms with E-state index in [1.165, 1.54) is 0 Å². The van der Waals surface area contributed by atoms with E-state index < -0.39 is 0 Å². The molecule has 2 aliphatic heterocycles. The third-order valence-electron chi connectivity index (χ3n) is 5.91. The van der Waals surface area contributed by atoms with Crippen LogP contribution in [0.3, 0.4) is 0 Å². The van der Waals surface area contributed by atoms with Crippen LogP contribution in [0.4, 0.5) is 11.6 Å². The van der Waals surface area contributed by atoms with Crippen LogP contribution >= 0.6 is 0 Å². The monoisotopic (exact) mass is 393 g/mol. The molecule has 29 heavy (non-hydrogen) atoms.